The van der Waals surface area contributed by atoms with Crippen LogP contribution in [0.2, 0.25) is 10.0 Å². The monoisotopic (exact) mass is 390 g/mol. The molecule has 1 heterocycles. The fourth-order valence-electron chi connectivity index (χ4n) is 2.66. The Morgan fingerprint density at radius 3 is 2.79 bits per heavy atom. The molecule has 1 atom stereocenters. The SMILES string of the molecule is C=CCNC(=O)[C@@H]1CCCN(S(=O)(=O)Cc2ccc(Cl)c(Cl)c2)C1. The van der Waals surface area contributed by atoms with Crippen molar-refractivity contribution in [2.75, 3.05) is 19.6 Å². The van der Waals surface area contributed by atoms with Gasteiger partial charge in [0.05, 0.1) is 21.7 Å². The largest absolute Gasteiger partial charge is 0.352 e. The van der Waals surface area contributed by atoms with Crippen molar-refractivity contribution in [1.82, 2.24) is 9.62 Å². The first kappa shape index (κ1) is 19.2. The number of rotatable bonds is 6. The van der Waals surface area contributed by atoms with Crippen molar-refractivity contribution < 1.29 is 13.2 Å². The van der Waals surface area contributed by atoms with Gasteiger partial charge in [0.15, 0.2) is 0 Å². The number of hydrogen-bond acceptors (Lipinski definition) is 3. The lowest BCUT2D eigenvalue weighted by Gasteiger charge is -2.31. The molecule has 132 valence electrons. The van der Waals surface area contributed by atoms with Crippen LogP contribution in [0.25, 0.3) is 0 Å². The fourth-order valence-corrected chi connectivity index (χ4v) is 4.58. The van der Waals surface area contributed by atoms with Crippen LogP contribution in [0.15, 0.2) is 30.9 Å². The summed E-state index contributed by atoms with van der Waals surface area (Å²) in [7, 11) is -3.52. The highest BCUT2D eigenvalue weighted by Crippen LogP contribution is 2.26. The van der Waals surface area contributed by atoms with Gasteiger partial charge in [-0.05, 0) is 30.5 Å². The molecule has 0 bridgehead atoms. The van der Waals surface area contributed by atoms with Crippen molar-refractivity contribution in [3.8, 4) is 0 Å². The normalized spacial score (nSPS) is 19.0. The van der Waals surface area contributed by atoms with Gasteiger partial charge in [-0.3, -0.25) is 4.79 Å². The summed E-state index contributed by atoms with van der Waals surface area (Å²) < 4.78 is 26.7. The second-order valence-electron chi connectivity index (χ2n) is 5.74. The Bertz CT molecular complexity index is 722. The van der Waals surface area contributed by atoms with E-state index in [0.717, 1.165) is 0 Å². The summed E-state index contributed by atoms with van der Waals surface area (Å²) in [5.74, 6) is -0.628. The van der Waals surface area contributed by atoms with Crippen LogP contribution < -0.4 is 5.32 Å². The van der Waals surface area contributed by atoms with Gasteiger partial charge >= 0.3 is 0 Å². The molecule has 0 unspecified atom stereocenters. The first-order chi connectivity index (χ1) is 11.3. The molecule has 0 saturated carbocycles. The molecule has 2 rings (SSSR count). The zero-order valence-corrected chi connectivity index (χ0v) is 15.5. The fraction of sp³-hybridized carbons (Fsp3) is 0.438. The van der Waals surface area contributed by atoms with Crippen LogP contribution in [0.4, 0.5) is 0 Å². The number of sulfonamides is 1. The Labute approximate surface area is 152 Å². The molecule has 1 fully saturated rings. The molecule has 1 aromatic rings. The van der Waals surface area contributed by atoms with Gasteiger partial charge in [-0.25, -0.2) is 12.7 Å². The van der Waals surface area contributed by atoms with Crippen molar-refractivity contribution >= 4 is 39.1 Å². The summed E-state index contributed by atoms with van der Waals surface area (Å²) in [6, 6.07) is 4.78. The Morgan fingerprint density at radius 1 is 1.38 bits per heavy atom. The van der Waals surface area contributed by atoms with Gasteiger partial charge in [-0.1, -0.05) is 35.3 Å². The van der Waals surface area contributed by atoms with E-state index >= 15 is 0 Å². The van der Waals surface area contributed by atoms with Gasteiger partial charge < -0.3 is 5.32 Å². The van der Waals surface area contributed by atoms with Crippen molar-refractivity contribution in [1.29, 1.82) is 0 Å². The molecular formula is C16H20Cl2N2O3S. The number of hydrogen-bond donors (Lipinski definition) is 1. The summed E-state index contributed by atoms with van der Waals surface area (Å²) in [5, 5.41) is 3.43. The molecular weight excluding hydrogens is 371 g/mol. The molecule has 24 heavy (non-hydrogen) atoms. The maximum absolute atomic E-state index is 12.6. The summed E-state index contributed by atoms with van der Waals surface area (Å²) in [6.45, 7) is 4.56. The number of benzene rings is 1. The highest BCUT2D eigenvalue weighted by Gasteiger charge is 2.32. The second-order valence-corrected chi connectivity index (χ2v) is 8.52. The van der Waals surface area contributed by atoms with E-state index in [-0.39, 0.29) is 24.1 Å². The van der Waals surface area contributed by atoms with Gasteiger partial charge in [0.25, 0.3) is 0 Å². The average molecular weight is 391 g/mol. The summed E-state index contributed by atoms with van der Waals surface area (Å²) in [4.78, 5) is 12.1. The van der Waals surface area contributed by atoms with E-state index in [2.05, 4.69) is 11.9 Å². The number of carbonyl (C=O) groups excluding carboxylic acids is 1. The molecule has 8 heteroatoms. The van der Waals surface area contributed by atoms with Crippen molar-refractivity contribution in [2.24, 2.45) is 5.92 Å². The van der Waals surface area contributed by atoms with Crippen LogP contribution in [0.1, 0.15) is 18.4 Å². The first-order valence-electron chi connectivity index (χ1n) is 7.64. The van der Waals surface area contributed by atoms with Crippen LogP contribution in [-0.2, 0) is 20.6 Å². The van der Waals surface area contributed by atoms with Crippen LogP contribution in [0.3, 0.4) is 0 Å². The molecule has 1 saturated heterocycles. The van der Waals surface area contributed by atoms with E-state index in [1.807, 2.05) is 0 Å². The Morgan fingerprint density at radius 2 is 2.12 bits per heavy atom. The third kappa shape index (κ3) is 4.96. The van der Waals surface area contributed by atoms with Crippen LogP contribution >= 0.6 is 23.2 Å². The lowest BCUT2D eigenvalue weighted by molar-refractivity contribution is -0.125. The third-order valence-corrected chi connectivity index (χ3v) is 6.46. The quantitative estimate of drug-likeness (QED) is 0.759. The minimum Gasteiger partial charge on any atom is -0.352 e. The second kappa shape index (κ2) is 8.34. The van der Waals surface area contributed by atoms with Crippen molar-refractivity contribution in [2.45, 2.75) is 18.6 Å². The molecule has 1 N–H and O–H groups in total. The van der Waals surface area contributed by atoms with Crippen LogP contribution in [0, 0.1) is 5.92 Å². The van der Waals surface area contributed by atoms with Gasteiger partial charge in [-0.2, -0.15) is 0 Å². The third-order valence-electron chi connectivity index (χ3n) is 3.90. The summed E-state index contributed by atoms with van der Waals surface area (Å²) >= 11 is 11.8. The molecule has 1 aromatic carbocycles. The van der Waals surface area contributed by atoms with Crippen LogP contribution in [0.5, 0.6) is 0 Å². The van der Waals surface area contributed by atoms with Gasteiger partial charge in [-0.15, -0.1) is 6.58 Å². The Kier molecular flexibility index (Phi) is 6.69. The maximum atomic E-state index is 12.6. The standard InChI is InChI=1S/C16H20Cl2N2O3S/c1-2-7-19-16(21)13-4-3-8-20(10-13)24(22,23)11-12-5-6-14(17)15(18)9-12/h2,5-6,9,13H,1,3-4,7-8,10-11H2,(H,19,21)/t13-/m1/s1. The molecule has 0 radical (unpaired) electrons. The molecule has 5 nitrogen and oxygen atoms in total. The Balaban J connectivity index is 2.06. The number of nitrogens with zero attached hydrogens (tertiary/aromatic N) is 1. The molecule has 1 amide bonds. The van der Waals surface area contributed by atoms with E-state index in [9.17, 15) is 13.2 Å². The summed E-state index contributed by atoms with van der Waals surface area (Å²) in [5.41, 5.74) is 0.572. The summed E-state index contributed by atoms with van der Waals surface area (Å²) in [6.07, 6.45) is 2.94. The zero-order valence-electron chi connectivity index (χ0n) is 13.2. The molecule has 1 aliphatic heterocycles. The predicted octanol–water partition coefficient (Wildman–Crippen LogP) is 2.84. The smallest absolute Gasteiger partial charge is 0.224 e. The first-order valence-corrected chi connectivity index (χ1v) is 10.0. The zero-order chi connectivity index (χ0) is 17.7. The van der Waals surface area contributed by atoms with Gasteiger partial charge in [0, 0.05) is 19.6 Å². The number of amides is 1. The Hall–Kier alpha value is -1.08. The van der Waals surface area contributed by atoms with E-state index < -0.39 is 10.0 Å². The van der Waals surface area contributed by atoms with E-state index in [4.69, 9.17) is 23.2 Å². The van der Waals surface area contributed by atoms with Gasteiger partial charge in [0.2, 0.25) is 15.9 Å². The van der Waals surface area contributed by atoms with E-state index in [0.29, 0.717) is 41.5 Å². The highest BCUT2D eigenvalue weighted by molar-refractivity contribution is 7.88. The lowest BCUT2D eigenvalue weighted by Crippen LogP contribution is -2.45. The number of carbonyl (C=O) groups is 1. The number of halogens is 2. The number of piperidine rings is 1. The topological polar surface area (TPSA) is 66.5 Å². The average Bonchev–Trinajstić information content (AvgIpc) is 2.56. The minimum absolute atomic E-state index is 0.135. The van der Waals surface area contributed by atoms with Crippen LogP contribution in [-0.4, -0.2) is 38.3 Å². The van der Waals surface area contributed by atoms with Crippen molar-refractivity contribution in [3.63, 3.8) is 0 Å². The van der Waals surface area contributed by atoms with E-state index in [1.165, 1.54) is 4.31 Å². The molecule has 1 aliphatic rings. The lowest BCUT2D eigenvalue weighted by atomic mass is 9.99. The predicted molar refractivity (Wildman–Crippen MR) is 96.6 cm³/mol. The molecule has 0 aromatic heterocycles. The van der Waals surface area contributed by atoms with Crippen molar-refractivity contribution in [3.05, 3.63) is 46.5 Å². The van der Waals surface area contributed by atoms with E-state index in [1.54, 1.807) is 24.3 Å². The molecule has 0 spiro atoms. The minimum atomic E-state index is -3.52. The highest BCUT2D eigenvalue weighted by atomic mass is 35.5. The maximum Gasteiger partial charge on any atom is 0.224 e. The number of nitrogens with one attached hydrogen (secondary N) is 1. The van der Waals surface area contributed by atoms with Gasteiger partial charge in [0.1, 0.15) is 0 Å². The molecule has 0 aliphatic carbocycles.